The van der Waals surface area contributed by atoms with Gasteiger partial charge >= 0.3 is 8.02 Å². The lowest BCUT2D eigenvalue weighted by molar-refractivity contribution is -0.129. The highest BCUT2D eigenvalue weighted by atomic mass is 32.2. The van der Waals surface area contributed by atoms with Gasteiger partial charge in [0.2, 0.25) is 11.3 Å². The van der Waals surface area contributed by atoms with Gasteiger partial charge in [-0.25, -0.2) is 0 Å². The summed E-state index contributed by atoms with van der Waals surface area (Å²) in [5, 5.41) is 14.2. The molecule has 2 unspecified atom stereocenters. The number of nitrogens with zero attached hydrogens (tertiary/aromatic N) is 4. The third kappa shape index (κ3) is 4.30. The van der Waals surface area contributed by atoms with Gasteiger partial charge in [0.1, 0.15) is 0 Å². The maximum atomic E-state index is 12.4. The predicted molar refractivity (Wildman–Crippen MR) is 108 cm³/mol. The monoisotopic (exact) mass is 431 g/mol. The van der Waals surface area contributed by atoms with Crippen molar-refractivity contribution in [3.05, 3.63) is 24.6 Å². The molecule has 0 bridgehead atoms. The Balaban J connectivity index is 1.74. The highest BCUT2D eigenvalue weighted by molar-refractivity contribution is 8.16. The van der Waals surface area contributed by atoms with Crippen LogP contribution in [0.5, 0.6) is 0 Å². The Morgan fingerprint density at radius 3 is 2.56 bits per heavy atom. The molecule has 3 N–H and O–H groups in total. The molecule has 0 aromatic rings. The Bertz CT molecular complexity index is 765. The molecule has 0 saturated carbocycles. The van der Waals surface area contributed by atoms with Gasteiger partial charge in [0, 0.05) is 13.6 Å². The molecule has 2 saturated heterocycles. The number of carbonyl (C=O) groups excluding carboxylic acids is 2. The summed E-state index contributed by atoms with van der Waals surface area (Å²) in [6, 6.07) is 0. The van der Waals surface area contributed by atoms with E-state index in [-0.39, 0.29) is 17.1 Å². The van der Waals surface area contributed by atoms with Crippen molar-refractivity contribution in [2.45, 2.75) is 24.5 Å². The summed E-state index contributed by atoms with van der Waals surface area (Å²) in [7, 11) is -1.53. The number of nitrogens with one attached hydrogen (secondary N) is 2. The van der Waals surface area contributed by atoms with E-state index < -0.39 is 13.5 Å². The van der Waals surface area contributed by atoms with E-state index in [1.165, 1.54) is 34.0 Å². The molecule has 2 amide bonds. The van der Waals surface area contributed by atoms with E-state index >= 15 is 0 Å². The van der Waals surface area contributed by atoms with Crippen molar-refractivity contribution in [3.8, 4) is 0 Å². The molecule has 0 aromatic heterocycles. The largest absolute Gasteiger partial charge is 0.480 e. The zero-order valence-corrected chi connectivity index (χ0v) is 17.5. The quantitative estimate of drug-likeness (QED) is 0.336. The van der Waals surface area contributed by atoms with Gasteiger partial charge in [0.25, 0.3) is 5.91 Å². The third-order valence-corrected chi connectivity index (χ3v) is 7.44. The fraction of sp³-hybridized carbons (Fsp3) is 0.429. The molecule has 3 aliphatic heterocycles. The van der Waals surface area contributed by atoms with Gasteiger partial charge in [-0.2, -0.15) is 15.1 Å². The first-order valence-electron chi connectivity index (χ1n) is 7.93. The number of amidine groups is 2. The average Bonchev–Trinajstić information content (AvgIpc) is 3.22. The van der Waals surface area contributed by atoms with Crippen molar-refractivity contribution in [1.82, 2.24) is 20.0 Å². The molecule has 13 heteroatoms. The summed E-state index contributed by atoms with van der Waals surface area (Å²) in [5.41, 5.74) is -0.118. The van der Waals surface area contributed by atoms with Crippen molar-refractivity contribution >= 4 is 53.7 Å². The second-order valence-corrected chi connectivity index (χ2v) is 10.2. The number of carbonyl (C=O) groups is 2. The van der Waals surface area contributed by atoms with Crippen LogP contribution >= 0.6 is 31.5 Å². The Morgan fingerprint density at radius 1 is 1.30 bits per heavy atom. The highest BCUT2D eigenvalue weighted by Gasteiger charge is 2.50. The standard InChI is InChI=1S/C14H20N6O4PS2/c1-8(2)7-20-10(21)9(3)26-14(20)18-17-13-19(4)11(22)12(27-13)24-25(23)15-5-6-16-25/h5-6,9,12,15-16,23H,1,7H2,2-4H3/q+1. The van der Waals surface area contributed by atoms with E-state index in [9.17, 15) is 14.5 Å². The van der Waals surface area contributed by atoms with E-state index in [2.05, 4.69) is 27.0 Å². The molecule has 146 valence electrons. The maximum Gasteiger partial charge on any atom is 0.480 e. The maximum absolute atomic E-state index is 12.4. The van der Waals surface area contributed by atoms with Crippen LogP contribution in [-0.4, -0.2) is 61.1 Å². The van der Waals surface area contributed by atoms with Crippen LogP contribution in [0.4, 0.5) is 0 Å². The number of likely N-dealkylation sites (N-methyl/N-ethyl adjacent to an activating group) is 1. The van der Waals surface area contributed by atoms with Gasteiger partial charge in [0.15, 0.2) is 10.3 Å². The van der Waals surface area contributed by atoms with Crippen LogP contribution in [0.2, 0.25) is 0 Å². The number of amides is 2. The van der Waals surface area contributed by atoms with Crippen molar-refractivity contribution in [3.63, 3.8) is 0 Å². The van der Waals surface area contributed by atoms with E-state index in [0.29, 0.717) is 16.9 Å². The lowest BCUT2D eigenvalue weighted by Crippen LogP contribution is -2.33. The minimum absolute atomic E-state index is 0.0513. The van der Waals surface area contributed by atoms with Crippen molar-refractivity contribution in [2.75, 3.05) is 13.6 Å². The smallest absolute Gasteiger partial charge is 0.290 e. The summed E-state index contributed by atoms with van der Waals surface area (Å²) in [4.78, 5) is 37.7. The first-order chi connectivity index (χ1) is 12.7. The van der Waals surface area contributed by atoms with Crippen LogP contribution in [0.25, 0.3) is 0 Å². The van der Waals surface area contributed by atoms with Gasteiger partial charge in [-0.3, -0.25) is 19.4 Å². The molecule has 27 heavy (non-hydrogen) atoms. The average molecular weight is 431 g/mol. The molecule has 3 aliphatic rings. The Labute approximate surface area is 165 Å². The number of hydrogen-bond acceptors (Lipinski definition) is 10. The molecule has 3 rings (SSSR count). The minimum atomic E-state index is -3.08. The van der Waals surface area contributed by atoms with Crippen molar-refractivity contribution in [2.24, 2.45) is 10.2 Å². The van der Waals surface area contributed by atoms with Gasteiger partial charge in [-0.05, 0) is 25.6 Å². The normalized spacial score (nSPS) is 29.8. The zero-order chi connectivity index (χ0) is 19.8. The summed E-state index contributed by atoms with van der Waals surface area (Å²) < 4.78 is 5.50. The molecule has 0 aromatic carbocycles. The van der Waals surface area contributed by atoms with E-state index in [1.807, 2.05) is 6.92 Å². The van der Waals surface area contributed by atoms with Gasteiger partial charge in [0.05, 0.1) is 17.6 Å². The third-order valence-electron chi connectivity index (χ3n) is 3.64. The molecule has 0 spiro atoms. The molecule has 3 heterocycles. The van der Waals surface area contributed by atoms with Crippen LogP contribution in [0.1, 0.15) is 13.8 Å². The number of rotatable bonds is 5. The van der Waals surface area contributed by atoms with Crippen LogP contribution < -0.4 is 10.2 Å². The van der Waals surface area contributed by atoms with Crippen LogP contribution in [0, 0.1) is 0 Å². The topological polar surface area (TPSA) is 119 Å². The Morgan fingerprint density at radius 2 is 1.93 bits per heavy atom. The van der Waals surface area contributed by atoms with Crippen LogP contribution in [0.15, 0.2) is 34.8 Å². The number of thioether (sulfide) groups is 2. The van der Waals surface area contributed by atoms with Gasteiger partial charge in [-0.1, -0.05) is 23.9 Å². The predicted octanol–water partition coefficient (Wildman–Crippen LogP) is 1.04. The molecule has 0 aliphatic carbocycles. The lowest BCUT2D eigenvalue weighted by Gasteiger charge is -2.15. The summed E-state index contributed by atoms with van der Waals surface area (Å²) in [6.45, 7) is 7.84. The van der Waals surface area contributed by atoms with Gasteiger partial charge in [-0.15, -0.1) is 14.7 Å². The summed E-state index contributed by atoms with van der Waals surface area (Å²) in [6.07, 6.45) is 3.02. The zero-order valence-electron chi connectivity index (χ0n) is 14.9. The first-order valence-corrected chi connectivity index (χ1v) is 11.3. The van der Waals surface area contributed by atoms with E-state index in [1.54, 1.807) is 14.0 Å². The molecule has 2 atom stereocenters. The van der Waals surface area contributed by atoms with Crippen LogP contribution in [0.3, 0.4) is 0 Å². The fourth-order valence-electron chi connectivity index (χ4n) is 2.31. The number of hydrogen-bond donors (Lipinski definition) is 3. The second-order valence-electron chi connectivity index (χ2n) is 6.03. The van der Waals surface area contributed by atoms with Gasteiger partial charge < -0.3 is 0 Å². The molecular weight excluding hydrogens is 411 g/mol. The molecular formula is C14H20N6O4PS2+. The Kier molecular flexibility index (Phi) is 5.82. The Hall–Kier alpha value is -1.59. The second kappa shape index (κ2) is 7.80. The first kappa shape index (κ1) is 20.2. The van der Waals surface area contributed by atoms with E-state index in [0.717, 1.165) is 17.3 Å². The van der Waals surface area contributed by atoms with Crippen molar-refractivity contribution < 1.29 is 19.0 Å². The van der Waals surface area contributed by atoms with E-state index in [4.69, 9.17) is 4.52 Å². The van der Waals surface area contributed by atoms with Crippen LogP contribution in [-0.2, 0) is 14.1 Å². The summed E-state index contributed by atoms with van der Waals surface area (Å²) >= 11 is 2.35. The molecule has 10 nitrogen and oxygen atoms in total. The molecule has 0 radical (unpaired) electrons. The minimum Gasteiger partial charge on any atom is -0.290 e. The lowest BCUT2D eigenvalue weighted by atomic mass is 10.3. The fourth-order valence-corrected chi connectivity index (χ4v) is 5.68. The SMILES string of the molecule is C=C(C)CN1C(=O)C(C)SC1=NN=C1SC(O[P+]2(O)NC=CN2)C(=O)N1C. The highest BCUT2D eigenvalue weighted by Crippen LogP contribution is 2.52. The summed E-state index contributed by atoms with van der Waals surface area (Å²) in [5.74, 6) is -0.408. The molecule has 2 fully saturated rings. The van der Waals surface area contributed by atoms with Crippen molar-refractivity contribution in [1.29, 1.82) is 0 Å².